The predicted octanol–water partition coefficient (Wildman–Crippen LogP) is 3.46. The fourth-order valence-electron chi connectivity index (χ4n) is 1.92. The SMILES string of the molecule is COc1ccccc1-c1ccccc1/C=C/C(=O)O. The normalized spacial score (nSPS) is 10.6. The fraction of sp³-hybridized carbons (Fsp3) is 0.0625. The molecule has 0 saturated carbocycles. The molecule has 0 amide bonds. The first-order valence-corrected chi connectivity index (χ1v) is 5.86. The number of hydrogen-bond acceptors (Lipinski definition) is 2. The molecule has 96 valence electrons. The van der Waals surface area contributed by atoms with Gasteiger partial charge in [-0.15, -0.1) is 0 Å². The highest BCUT2D eigenvalue weighted by molar-refractivity contribution is 5.88. The van der Waals surface area contributed by atoms with Gasteiger partial charge in [0.15, 0.2) is 0 Å². The number of aliphatic carboxylic acids is 1. The Balaban J connectivity index is 2.53. The van der Waals surface area contributed by atoms with Crippen LogP contribution in [0.1, 0.15) is 5.56 Å². The van der Waals surface area contributed by atoms with Crippen LogP contribution in [0.5, 0.6) is 5.75 Å². The van der Waals surface area contributed by atoms with Crippen LogP contribution in [0.15, 0.2) is 54.6 Å². The summed E-state index contributed by atoms with van der Waals surface area (Å²) in [6, 6.07) is 15.3. The Morgan fingerprint density at radius 3 is 2.37 bits per heavy atom. The van der Waals surface area contributed by atoms with Gasteiger partial charge in [0.1, 0.15) is 5.75 Å². The minimum absolute atomic E-state index is 0.763. The lowest BCUT2D eigenvalue weighted by molar-refractivity contribution is -0.131. The molecule has 0 aliphatic rings. The van der Waals surface area contributed by atoms with Gasteiger partial charge in [-0.25, -0.2) is 4.79 Å². The highest BCUT2D eigenvalue weighted by Gasteiger charge is 2.07. The van der Waals surface area contributed by atoms with E-state index in [2.05, 4.69) is 0 Å². The second-order valence-electron chi connectivity index (χ2n) is 3.96. The molecule has 0 unspecified atom stereocenters. The monoisotopic (exact) mass is 254 g/mol. The molecule has 2 aromatic rings. The Bertz CT molecular complexity index is 615. The van der Waals surface area contributed by atoms with Crippen molar-refractivity contribution in [1.29, 1.82) is 0 Å². The van der Waals surface area contributed by atoms with Crippen LogP contribution < -0.4 is 4.74 Å². The van der Waals surface area contributed by atoms with Crippen molar-refractivity contribution in [2.45, 2.75) is 0 Å². The summed E-state index contributed by atoms with van der Waals surface area (Å²) in [5.74, 6) is -0.200. The molecule has 0 radical (unpaired) electrons. The molecule has 0 spiro atoms. The van der Waals surface area contributed by atoms with Crippen molar-refractivity contribution in [3.05, 3.63) is 60.2 Å². The Hall–Kier alpha value is -2.55. The molecule has 2 rings (SSSR count). The zero-order valence-corrected chi connectivity index (χ0v) is 10.5. The maximum atomic E-state index is 10.6. The van der Waals surface area contributed by atoms with Crippen LogP contribution in [-0.2, 0) is 4.79 Å². The average molecular weight is 254 g/mol. The molecule has 0 saturated heterocycles. The van der Waals surface area contributed by atoms with Crippen molar-refractivity contribution < 1.29 is 14.6 Å². The van der Waals surface area contributed by atoms with Gasteiger partial charge in [0.05, 0.1) is 7.11 Å². The number of carbonyl (C=O) groups is 1. The van der Waals surface area contributed by atoms with Gasteiger partial charge in [0.25, 0.3) is 0 Å². The summed E-state index contributed by atoms with van der Waals surface area (Å²) < 4.78 is 5.34. The van der Waals surface area contributed by atoms with E-state index in [1.165, 1.54) is 0 Å². The Morgan fingerprint density at radius 1 is 1.05 bits per heavy atom. The number of methoxy groups -OCH3 is 1. The summed E-state index contributed by atoms with van der Waals surface area (Å²) in [6.45, 7) is 0. The number of hydrogen-bond donors (Lipinski definition) is 1. The Kier molecular flexibility index (Phi) is 3.98. The molecular weight excluding hydrogens is 240 g/mol. The highest BCUT2D eigenvalue weighted by atomic mass is 16.5. The zero-order valence-electron chi connectivity index (χ0n) is 10.5. The van der Waals surface area contributed by atoms with E-state index >= 15 is 0 Å². The Labute approximate surface area is 111 Å². The molecule has 0 aliphatic carbocycles. The smallest absolute Gasteiger partial charge is 0.328 e. The van der Waals surface area contributed by atoms with E-state index in [-0.39, 0.29) is 0 Å². The van der Waals surface area contributed by atoms with Crippen LogP contribution in [0.3, 0.4) is 0 Å². The number of ether oxygens (including phenoxy) is 1. The van der Waals surface area contributed by atoms with Crippen molar-refractivity contribution in [3.8, 4) is 16.9 Å². The molecule has 3 heteroatoms. The first kappa shape index (κ1) is 12.9. The van der Waals surface area contributed by atoms with Gasteiger partial charge >= 0.3 is 5.97 Å². The lowest BCUT2D eigenvalue weighted by Crippen LogP contribution is -1.90. The maximum absolute atomic E-state index is 10.6. The van der Waals surface area contributed by atoms with Crippen LogP contribution in [0.25, 0.3) is 17.2 Å². The van der Waals surface area contributed by atoms with E-state index in [9.17, 15) is 4.79 Å². The maximum Gasteiger partial charge on any atom is 0.328 e. The molecule has 0 aromatic heterocycles. The van der Waals surface area contributed by atoms with Crippen molar-refractivity contribution in [2.24, 2.45) is 0 Å². The van der Waals surface area contributed by atoms with Gasteiger partial charge in [-0.1, -0.05) is 42.5 Å². The lowest BCUT2D eigenvalue weighted by atomic mass is 9.98. The number of rotatable bonds is 4. The molecular formula is C16H14O3. The summed E-state index contributed by atoms with van der Waals surface area (Å²) in [4.78, 5) is 10.6. The van der Waals surface area contributed by atoms with Crippen molar-refractivity contribution in [1.82, 2.24) is 0 Å². The lowest BCUT2D eigenvalue weighted by Gasteiger charge is -2.10. The van der Waals surface area contributed by atoms with Gasteiger partial charge in [-0.3, -0.25) is 0 Å². The molecule has 0 aliphatic heterocycles. The number of carboxylic acids is 1. The van der Waals surface area contributed by atoms with E-state index in [4.69, 9.17) is 9.84 Å². The summed E-state index contributed by atoms with van der Waals surface area (Å²) in [5, 5.41) is 8.73. The summed E-state index contributed by atoms with van der Waals surface area (Å²) in [7, 11) is 1.62. The minimum Gasteiger partial charge on any atom is -0.496 e. The third-order valence-corrected chi connectivity index (χ3v) is 2.76. The van der Waals surface area contributed by atoms with Gasteiger partial charge in [0.2, 0.25) is 0 Å². The van der Waals surface area contributed by atoms with E-state index in [1.54, 1.807) is 13.2 Å². The standard InChI is InChI=1S/C16H14O3/c1-19-15-9-5-4-8-14(15)13-7-3-2-6-12(13)10-11-16(17)18/h2-11H,1H3,(H,17,18)/b11-10+. The number of benzene rings is 2. The van der Waals surface area contributed by atoms with E-state index in [1.807, 2.05) is 48.5 Å². The number of carboxylic acid groups (broad SMARTS) is 1. The third kappa shape index (κ3) is 3.01. The molecule has 0 fully saturated rings. The first-order chi connectivity index (χ1) is 9.22. The largest absolute Gasteiger partial charge is 0.496 e. The topological polar surface area (TPSA) is 46.5 Å². The van der Waals surface area contributed by atoms with Crippen LogP contribution in [0, 0.1) is 0 Å². The van der Waals surface area contributed by atoms with Crippen LogP contribution >= 0.6 is 0 Å². The Morgan fingerprint density at radius 2 is 1.68 bits per heavy atom. The fourth-order valence-corrected chi connectivity index (χ4v) is 1.92. The van der Waals surface area contributed by atoms with E-state index < -0.39 is 5.97 Å². The average Bonchev–Trinajstić information content (AvgIpc) is 2.45. The van der Waals surface area contributed by atoms with Crippen molar-refractivity contribution in [2.75, 3.05) is 7.11 Å². The summed E-state index contributed by atoms with van der Waals surface area (Å²) >= 11 is 0. The first-order valence-electron chi connectivity index (χ1n) is 5.86. The highest BCUT2D eigenvalue weighted by Crippen LogP contribution is 2.32. The van der Waals surface area contributed by atoms with Crippen LogP contribution in [-0.4, -0.2) is 18.2 Å². The number of para-hydroxylation sites is 1. The van der Waals surface area contributed by atoms with Crippen LogP contribution in [0.4, 0.5) is 0 Å². The quantitative estimate of drug-likeness (QED) is 0.850. The van der Waals surface area contributed by atoms with E-state index in [0.717, 1.165) is 28.5 Å². The van der Waals surface area contributed by atoms with Gasteiger partial charge in [0, 0.05) is 11.6 Å². The zero-order chi connectivity index (χ0) is 13.7. The van der Waals surface area contributed by atoms with Crippen LogP contribution in [0.2, 0.25) is 0 Å². The molecule has 0 atom stereocenters. The second kappa shape index (κ2) is 5.87. The third-order valence-electron chi connectivity index (χ3n) is 2.76. The second-order valence-corrected chi connectivity index (χ2v) is 3.96. The van der Waals surface area contributed by atoms with E-state index in [0.29, 0.717) is 0 Å². The minimum atomic E-state index is -0.963. The summed E-state index contributed by atoms with van der Waals surface area (Å²) in [5.41, 5.74) is 2.72. The molecule has 2 aromatic carbocycles. The van der Waals surface area contributed by atoms with Gasteiger partial charge in [-0.2, -0.15) is 0 Å². The molecule has 0 heterocycles. The van der Waals surface area contributed by atoms with Crippen molar-refractivity contribution in [3.63, 3.8) is 0 Å². The summed E-state index contributed by atoms with van der Waals surface area (Å²) in [6.07, 6.45) is 2.72. The van der Waals surface area contributed by atoms with Gasteiger partial charge < -0.3 is 9.84 Å². The predicted molar refractivity (Wildman–Crippen MR) is 75.1 cm³/mol. The molecule has 3 nitrogen and oxygen atoms in total. The van der Waals surface area contributed by atoms with Crippen molar-refractivity contribution >= 4 is 12.0 Å². The molecule has 19 heavy (non-hydrogen) atoms. The molecule has 1 N–H and O–H groups in total. The molecule has 0 bridgehead atoms. The van der Waals surface area contributed by atoms with Gasteiger partial charge in [-0.05, 0) is 23.3 Å².